The smallest absolute Gasteiger partial charge is 0.289 e. The maximum absolute atomic E-state index is 12.7. The predicted molar refractivity (Wildman–Crippen MR) is 97.7 cm³/mol. The summed E-state index contributed by atoms with van der Waals surface area (Å²) in [6.45, 7) is 2.44. The van der Waals surface area contributed by atoms with E-state index < -0.39 is 0 Å². The standard InChI is InChI=1S/C21H24N2O3/c1-15-7-9-17(10-8-15)23(2)21(24)20-12-11-18(26-20)14-25-19-6-4-3-5-16(19)13-22/h3-6,11-12,15,17H,7-10,14H2,1-2H3. The molecular weight excluding hydrogens is 328 g/mol. The number of hydrogen-bond donors (Lipinski definition) is 0. The Balaban J connectivity index is 1.60. The second kappa shape index (κ2) is 8.09. The summed E-state index contributed by atoms with van der Waals surface area (Å²) in [5.74, 6) is 2.06. The van der Waals surface area contributed by atoms with Crippen LogP contribution in [0.15, 0.2) is 40.8 Å². The van der Waals surface area contributed by atoms with Crippen LogP contribution < -0.4 is 4.74 Å². The molecule has 26 heavy (non-hydrogen) atoms. The van der Waals surface area contributed by atoms with Gasteiger partial charge in [0.1, 0.15) is 24.2 Å². The highest BCUT2D eigenvalue weighted by atomic mass is 16.5. The molecule has 1 aromatic heterocycles. The zero-order valence-corrected chi connectivity index (χ0v) is 15.3. The highest BCUT2D eigenvalue weighted by Gasteiger charge is 2.27. The lowest BCUT2D eigenvalue weighted by Gasteiger charge is -2.33. The molecule has 136 valence electrons. The molecule has 0 saturated heterocycles. The van der Waals surface area contributed by atoms with Gasteiger partial charge < -0.3 is 14.1 Å². The van der Waals surface area contributed by atoms with Crippen molar-refractivity contribution in [3.63, 3.8) is 0 Å². The Kier molecular flexibility index (Phi) is 5.62. The average Bonchev–Trinajstić information content (AvgIpc) is 3.15. The van der Waals surface area contributed by atoms with E-state index in [1.807, 2.05) is 13.1 Å². The van der Waals surface area contributed by atoms with E-state index in [9.17, 15) is 4.79 Å². The Morgan fingerprint density at radius 3 is 2.69 bits per heavy atom. The van der Waals surface area contributed by atoms with Crippen molar-refractivity contribution in [2.45, 2.75) is 45.3 Å². The van der Waals surface area contributed by atoms with Crippen LogP contribution >= 0.6 is 0 Å². The van der Waals surface area contributed by atoms with Crippen LogP contribution in [0.2, 0.25) is 0 Å². The largest absolute Gasteiger partial charge is 0.484 e. The molecule has 0 radical (unpaired) electrons. The Labute approximate surface area is 154 Å². The quantitative estimate of drug-likeness (QED) is 0.801. The molecular formula is C21H24N2O3. The van der Waals surface area contributed by atoms with Crippen molar-refractivity contribution in [3.8, 4) is 11.8 Å². The number of amides is 1. The summed E-state index contributed by atoms with van der Waals surface area (Å²) in [6, 6.07) is 12.9. The van der Waals surface area contributed by atoms with Crippen LogP contribution in [0.4, 0.5) is 0 Å². The molecule has 0 N–H and O–H groups in total. The molecule has 5 nitrogen and oxygen atoms in total. The second-order valence-electron chi connectivity index (χ2n) is 6.99. The van der Waals surface area contributed by atoms with Crippen LogP contribution in [0.25, 0.3) is 0 Å². The fourth-order valence-corrected chi connectivity index (χ4v) is 3.37. The van der Waals surface area contributed by atoms with Crippen molar-refractivity contribution in [1.29, 1.82) is 5.26 Å². The molecule has 0 atom stereocenters. The SMILES string of the molecule is CC1CCC(N(C)C(=O)c2ccc(COc3ccccc3C#N)o2)CC1. The molecule has 0 aliphatic heterocycles. The molecule has 1 saturated carbocycles. The number of benzene rings is 1. The summed E-state index contributed by atoms with van der Waals surface area (Å²) in [5, 5.41) is 9.09. The van der Waals surface area contributed by atoms with Crippen molar-refractivity contribution < 1.29 is 13.9 Å². The lowest BCUT2D eigenvalue weighted by molar-refractivity contribution is 0.0643. The second-order valence-corrected chi connectivity index (χ2v) is 6.99. The number of hydrogen-bond acceptors (Lipinski definition) is 4. The van der Waals surface area contributed by atoms with Crippen molar-refractivity contribution >= 4 is 5.91 Å². The van der Waals surface area contributed by atoms with Crippen LogP contribution in [0.1, 0.15) is 54.5 Å². The molecule has 5 heteroatoms. The zero-order chi connectivity index (χ0) is 18.5. The minimum Gasteiger partial charge on any atom is -0.484 e. The first-order valence-corrected chi connectivity index (χ1v) is 9.06. The van der Waals surface area contributed by atoms with E-state index in [0.29, 0.717) is 22.8 Å². The minimum atomic E-state index is -0.0896. The van der Waals surface area contributed by atoms with Crippen molar-refractivity contribution in [2.75, 3.05) is 7.05 Å². The lowest BCUT2D eigenvalue weighted by Crippen LogP contribution is -2.39. The molecule has 2 aromatic rings. The van der Waals surface area contributed by atoms with Crippen LogP contribution in [-0.4, -0.2) is 23.9 Å². The third kappa shape index (κ3) is 4.08. The topological polar surface area (TPSA) is 66.5 Å². The van der Waals surface area contributed by atoms with Crippen molar-refractivity contribution in [3.05, 3.63) is 53.5 Å². The molecule has 1 aromatic carbocycles. The molecule has 1 aliphatic carbocycles. The van der Waals surface area contributed by atoms with Gasteiger partial charge in [-0.2, -0.15) is 5.26 Å². The van der Waals surface area contributed by atoms with Gasteiger partial charge in [0.25, 0.3) is 5.91 Å². The normalized spacial score (nSPS) is 19.6. The summed E-state index contributed by atoms with van der Waals surface area (Å²) in [7, 11) is 1.85. The summed E-state index contributed by atoms with van der Waals surface area (Å²) in [5.41, 5.74) is 0.474. The molecule has 1 heterocycles. The Morgan fingerprint density at radius 2 is 1.96 bits per heavy atom. The summed E-state index contributed by atoms with van der Waals surface area (Å²) in [6.07, 6.45) is 4.42. The van der Waals surface area contributed by atoms with Gasteiger partial charge in [0.15, 0.2) is 5.76 Å². The van der Waals surface area contributed by atoms with Crippen LogP contribution in [0, 0.1) is 17.2 Å². The third-order valence-corrected chi connectivity index (χ3v) is 5.10. The number of furan rings is 1. The van der Waals surface area contributed by atoms with E-state index in [1.54, 1.807) is 35.2 Å². The number of carbonyl (C=O) groups is 1. The van der Waals surface area contributed by atoms with Gasteiger partial charge in [-0.15, -0.1) is 0 Å². The Hall–Kier alpha value is -2.74. The maximum Gasteiger partial charge on any atom is 0.289 e. The van der Waals surface area contributed by atoms with E-state index in [4.69, 9.17) is 14.4 Å². The Morgan fingerprint density at radius 1 is 1.23 bits per heavy atom. The van der Waals surface area contributed by atoms with Gasteiger partial charge in [-0.05, 0) is 55.9 Å². The van der Waals surface area contributed by atoms with E-state index in [-0.39, 0.29) is 18.6 Å². The van der Waals surface area contributed by atoms with Crippen LogP contribution in [0.3, 0.4) is 0 Å². The number of para-hydroxylation sites is 1. The van der Waals surface area contributed by atoms with E-state index in [1.165, 1.54) is 0 Å². The van der Waals surface area contributed by atoms with Crippen molar-refractivity contribution in [1.82, 2.24) is 4.90 Å². The van der Waals surface area contributed by atoms with Gasteiger partial charge in [0, 0.05) is 13.1 Å². The first-order chi connectivity index (χ1) is 12.6. The molecule has 0 spiro atoms. The molecule has 3 rings (SSSR count). The van der Waals surface area contributed by atoms with E-state index in [0.717, 1.165) is 31.6 Å². The van der Waals surface area contributed by atoms with Gasteiger partial charge in [-0.25, -0.2) is 0 Å². The number of nitriles is 1. The van der Waals surface area contributed by atoms with E-state index >= 15 is 0 Å². The average molecular weight is 352 g/mol. The highest BCUT2D eigenvalue weighted by Crippen LogP contribution is 2.27. The van der Waals surface area contributed by atoms with Crippen LogP contribution in [-0.2, 0) is 6.61 Å². The molecule has 1 aliphatic rings. The molecule has 1 fully saturated rings. The third-order valence-electron chi connectivity index (χ3n) is 5.10. The monoisotopic (exact) mass is 352 g/mol. The Bertz CT molecular complexity index is 798. The van der Waals surface area contributed by atoms with Crippen molar-refractivity contribution in [2.24, 2.45) is 5.92 Å². The number of ether oxygens (including phenoxy) is 1. The number of carbonyl (C=O) groups excluding carboxylic acids is 1. The molecule has 0 unspecified atom stereocenters. The summed E-state index contributed by atoms with van der Waals surface area (Å²) >= 11 is 0. The zero-order valence-electron chi connectivity index (χ0n) is 15.3. The fourth-order valence-electron chi connectivity index (χ4n) is 3.37. The van der Waals surface area contributed by atoms with Gasteiger partial charge in [0.05, 0.1) is 5.56 Å². The van der Waals surface area contributed by atoms with Crippen LogP contribution in [0.5, 0.6) is 5.75 Å². The molecule has 1 amide bonds. The maximum atomic E-state index is 12.7. The predicted octanol–water partition coefficient (Wildman–Crippen LogP) is 4.38. The van der Waals surface area contributed by atoms with Gasteiger partial charge in [-0.1, -0.05) is 19.1 Å². The van der Waals surface area contributed by atoms with Gasteiger partial charge in [-0.3, -0.25) is 4.79 Å². The number of rotatable bonds is 5. The van der Waals surface area contributed by atoms with Gasteiger partial charge >= 0.3 is 0 Å². The first kappa shape index (κ1) is 18.1. The summed E-state index contributed by atoms with van der Waals surface area (Å²) < 4.78 is 11.3. The number of nitrogens with zero attached hydrogens (tertiary/aromatic N) is 2. The minimum absolute atomic E-state index is 0.0896. The summed E-state index contributed by atoms with van der Waals surface area (Å²) in [4.78, 5) is 14.5. The highest BCUT2D eigenvalue weighted by molar-refractivity contribution is 5.91. The first-order valence-electron chi connectivity index (χ1n) is 9.06. The fraction of sp³-hybridized carbons (Fsp3) is 0.429. The lowest BCUT2D eigenvalue weighted by atomic mass is 9.87. The van der Waals surface area contributed by atoms with Gasteiger partial charge in [0.2, 0.25) is 0 Å². The van der Waals surface area contributed by atoms with E-state index in [2.05, 4.69) is 13.0 Å². The molecule has 0 bridgehead atoms.